The minimum atomic E-state index is 0. The summed E-state index contributed by atoms with van der Waals surface area (Å²) in [5, 5.41) is 6.21. The molecule has 0 saturated carbocycles. The highest BCUT2D eigenvalue weighted by Crippen LogP contribution is 1.96. The first kappa shape index (κ1) is 13.0. The summed E-state index contributed by atoms with van der Waals surface area (Å²) >= 11 is 0. The van der Waals surface area contributed by atoms with Crippen molar-refractivity contribution in [2.45, 2.75) is 19.3 Å². The van der Waals surface area contributed by atoms with Gasteiger partial charge in [0.1, 0.15) is 0 Å². The third-order valence-corrected chi connectivity index (χ3v) is 1.93. The Bertz CT molecular complexity index is 168. The number of piperidine rings is 1. The summed E-state index contributed by atoms with van der Waals surface area (Å²) in [6.07, 6.45) is 15.8. The average molecular weight is 189 g/mol. The van der Waals surface area contributed by atoms with E-state index in [1.807, 2.05) is 36.7 Å². The topological polar surface area (TPSA) is 24.1 Å². The van der Waals surface area contributed by atoms with E-state index >= 15 is 0 Å². The maximum absolute atomic E-state index is 3.28. The Morgan fingerprint density at radius 1 is 0.714 bits per heavy atom. The molecule has 0 unspecified atom stereocenters. The van der Waals surface area contributed by atoms with Crippen molar-refractivity contribution in [3.63, 3.8) is 0 Å². The summed E-state index contributed by atoms with van der Waals surface area (Å²) in [5.74, 6) is 0. The molecule has 0 aromatic carbocycles. The van der Waals surface area contributed by atoms with Crippen LogP contribution < -0.4 is 10.6 Å². The fraction of sp³-hybridized carbons (Fsp3) is 0.455. The molecule has 3 heteroatoms. The largest absolute Gasteiger partial charge is 0.368 e. The molecule has 2 nitrogen and oxygen atoms in total. The first-order chi connectivity index (χ1) is 6.50. The van der Waals surface area contributed by atoms with Crippen molar-refractivity contribution in [3.8, 4) is 0 Å². The summed E-state index contributed by atoms with van der Waals surface area (Å²) < 4.78 is 0. The molecule has 2 rings (SSSR count). The van der Waals surface area contributed by atoms with Crippen LogP contribution >= 0.6 is 0 Å². The minimum absolute atomic E-state index is 0. The van der Waals surface area contributed by atoms with Crippen LogP contribution in [-0.4, -0.2) is 21.5 Å². The maximum atomic E-state index is 3.28. The van der Waals surface area contributed by atoms with E-state index in [-0.39, 0.29) is 8.41 Å². The second-order valence-electron chi connectivity index (χ2n) is 3.08. The van der Waals surface area contributed by atoms with Gasteiger partial charge in [-0.2, -0.15) is 0 Å². The molecule has 0 atom stereocenters. The molecule has 0 bridgehead atoms. The second-order valence-corrected chi connectivity index (χ2v) is 3.08. The fourth-order valence-corrected chi connectivity index (χ4v) is 1.21. The lowest BCUT2D eigenvalue weighted by atomic mass is 10.2. The van der Waals surface area contributed by atoms with Crippen molar-refractivity contribution < 1.29 is 0 Å². The Morgan fingerprint density at radius 3 is 1.64 bits per heavy atom. The van der Waals surface area contributed by atoms with Crippen LogP contribution in [0, 0.1) is 0 Å². The zero-order chi connectivity index (χ0) is 9.19. The van der Waals surface area contributed by atoms with Crippen LogP contribution in [0.4, 0.5) is 0 Å². The van der Waals surface area contributed by atoms with Gasteiger partial charge < -0.3 is 10.6 Å². The lowest BCUT2D eigenvalue weighted by Gasteiger charge is -2.08. The van der Waals surface area contributed by atoms with Crippen LogP contribution in [0.1, 0.15) is 19.3 Å². The third-order valence-electron chi connectivity index (χ3n) is 1.93. The van der Waals surface area contributed by atoms with Gasteiger partial charge in [0.15, 0.2) is 0 Å². The Morgan fingerprint density at radius 2 is 1.29 bits per heavy atom. The predicted molar refractivity (Wildman–Crippen MR) is 63.0 cm³/mol. The monoisotopic (exact) mass is 189 g/mol. The molecule has 1 fully saturated rings. The van der Waals surface area contributed by atoms with E-state index < -0.39 is 0 Å². The van der Waals surface area contributed by atoms with Gasteiger partial charge in [0.2, 0.25) is 0 Å². The van der Waals surface area contributed by atoms with Gasteiger partial charge in [0.25, 0.3) is 0 Å². The van der Waals surface area contributed by atoms with Crippen LogP contribution in [0.3, 0.4) is 0 Å². The van der Waals surface area contributed by atoms with Crippen LogP contribution in [-0.2, 0) is 0 Å². The third kappa shape index (κ3) is 7.68. The number of hydrogen-bond acceptors (Lipinski definition) is 2. The summed E-state index contributed by atoms with van der Waals surface area (Å²) in [4.78, 5) is 0. The molecule has 2 aliphatic heterocycles. The van der Waals surface area contributed by atoms with Crippen molar-refractivity contribution in [1.29, 1.82) is 0 Å². The number of hydrogen-bond donors (Lipinski definition) is 2. The molecule has 0 aromatic rings. The molecule has 75 valence electrons. The molecule has 0 aliphatic carbocycles. The standard InChI is InChI=1S/C6H7N.C5H11N.B/c1-2-4-6-7-5-3-1;1-2-4-6-5-3-1;/h1-7H;6H,1-5H2;. The normalized spacial score (nSPS) is 18.3. The number of nitrogens with one attached hydrogen (secondary N) is 2. The van der Waals surface area contributed by atoms with Gasteiger partial charge in [-0.25, -0.2) is 0 Å². The summed E-state index contributed by atoms with van der Waals surface area (Å²) in [6.45, 7) is 2.50. The first-order valence-electron chi connectivity index (χ1n) is 4.95. The van der Waals surface area contributed by atoms with E-state index in [0.717, 1.165) is 0 Å². The van der Waals surface area contributed by atoms with Crippen molar-refractivity contribution >= 4 is 8.41 Å². The molecule has 2 heterocycles. The van der Waals surface area contributed by atoms with Gasteiger partial charge >= 0.3 is 0 Å². The molecule has 2 aliphatic rings. The van der Waals surface area contributed by atoms with Crippen LogP contribution in [0.25, 0.3) is 0 Å². The van der Waals surface area contributed by atoms with Gasteiger partial charge in [-0.15, -0.1) is 0 Å². The van der Waals surface area contributed by atoms with E-state index in [1.165, 1.54) is 32.4 Å². The summed E-state index contributed by atoms with van der Waals surface area (Å²) in [7, 11) is 0. The Kier molecular flexibility index (Phi) is 9.44. The van der Waals surface area contributed by atoms with Gasteiger partial charge in [0, 0.05) is 20.8 Å². The van der Waals surface area contributed by atoms with Crippen molar-refractivity contribution in [3.05, 3.63) is 36.7 Å². The first-order valence-corrected chi connectivity index (χ1v) is 4.95. The lowest BCUT2D eigenvalue weighted by Crippen LogP contribution is -2.21. The van der Waals surface area contributed by atoms with Crippen LogP contribution in [0.5, 0.6) is 0 Å². The molecule has 0 amide bonds. The maximum Gasteiger partial charge on any atom is 0.000442 e. The molecule has 2 N–H and O–H groups in total. The Labute approximate surface area is 88.7 Å². The number of rotatable bonds is 0. The van der Waals surface area contributed by atoms with E-state index in [1.54, 1.807) is 0 Å². The van der Waals surface area contributed by atoms with Crippen molar-refractivity contribution in [1.82, 2.24) is 10.6 Å². The van der Waals surface area contributed by atoms with Crippen molar-refractivity contribution in [2.75, 3.05) is 13.1 Å². The molecule has 0 aromatic heterocycles. The van der Waals surface area contributed by atoms with E-state index in [2.05, 4.69) is 10.6 Å². The lowest BCUT2D eigenvalue weighted by molar-refractivity contribution is 0.520. The quantitative estimate of drug-likeness (QED) is 0.565. The molecule has 1 saturated heterocycles. The highest BCUT2D eigenvalue weighted by molar-refractivity contribution is 5.75. The smallest absolute Gasteiger partial charge is 0.000442 e. The van der Waals surface area contributed by atoms with E-state index in [9.17, 15) is 0 Å². The van der Waals surface area contributed by atoms with Gasteiger partial charge in [-0.3, -0.25) is 0 Å². The molecule has 0 spiro atoms. The summed E-state index contributed by atoms with van der Waals surface area (Å²) in [5.41, 5.74) is 0. The molecular formula is C11H18BN2. The van der Waals surface area contributed by atoms with Gasteiger partial charge in [0.05, 0.1) is 0 Å². The number of allylic oxidation sites excluding steroid dienone is 4. The van der Waals surface area contributed by atoms with Gasteiger partial charge in [-0.05, 0) is 38.1 Å². The molecular weight excluding hydrogens is 171 g/mol. The van der Waals surface area contributed by atoms with Crippen LogP contribution in [0.2, 0.25) is 0 Å². The highest BCUT2D eigenvalue weighted by atomic mass is 14.9. The SMILES string of the molecule is C1=CC=CNC=C1.C1CCNCC1.[B]. The zero-order valence-electron chi connectivity index (χ0n) is 8.58. The predicted octanol–water partition coefficient (Wildman–Crippen LogP) is 1.55. The molecule has 3 radical (unpaired) electrons. The second kappa shape index (κ2) is 10.1. The zero-order valence-corrected chi connectivity index (χ0v) is 8.58. The Balaban J connectivity index is 0.000000227. The highest BCUT2D eigenvalue weighted by Gasteiger charge is 1.93. The average Bonchev–Trinajstić information content (AvgIpc) is 2.53. The van der Waals surface area contributed by atoms with Crippen molar-refractivity contribution in [2.24, 2.45) is 0 Å². The summed E-state index contributed by atoms with van der Waals surface area (Å²) in [6, 6.07) is 0. The van der Waals surface area contributed by atoms with E-state index in [4.69, 9.17) is 0 Å². The Hall–Kier alpha value is -0.955. The minimum Gasteiger partial charge on any atom is -0.368 e. The van der Waals surface area contributed by atoms with E-state index in [0.29, 0.717) is 0 Å². The van der Waals surface area contributed by atoms with Crippen LogP contribution in [0.15, 0.2) is 36.7 Å². The molecule has 14 heavy (non-hydrogen) atoms. The van der Waals surface area contributed by atoms with Gasteiger partial charge in [-0.1, -0.05) is 18.6 Å². The fourth-order valence-electron chi connectivity index (χ4n) is 1.21.